The first-order valence-electron chi connectivity index (χ1n) is 2.77. The van der Waals surface area contributed by atoms with Crippen LogP contribution in [0.1, 0.15) is 0 Å². The van der Waals surface area contributed by atoms with Gasteiger partial charge >= 0.3 is 0 Å². The Morgan fingerprint density at radius 1 is 0.750 bits per heavy atom. The quantitative estimate of drug-likeness (QED) is 0.476. The lowest BCUT2D eigenvalue weighted by molar-refractivity contribution is 1.73. The van der Waals surface area contributed by atoms with E-state index in [0.717, 1.165) is 0 Å². The summed E-state index contributed by atoms with van der Waals surface area (Å²) < 4.78 is 12.1. The van der Waals surface area contributed by atoms with Crippen LogP contribution in [0.4, 0.5) is 0 Å². The number of rotatable bonds is 0. The lowest BCUT2D eigenvalue weighted by Crippen LogP contribution is -1.70. The molecule has 0 aromatic rings. The largest absolute Gasteiger partial charge is 0.255 e. The van der Waals surface area contributed by atoms with Crippen molar-refractivity contribution in [3.63, 3.8) is 0 Å². The number of nitrogens with zero attached hydrogens (tertiary/aromatic N) is 3. The Morgan fingerprint density at radius 3 is 1.50 bits per heavy atom. The first-order valence-corrected chi connectivity index (χ1v) is 12.4. The van der Waals surface area contributed by atoms with Gasteiger partial charge in [-0.25, -0.2) is 4.52 Å². The smallest absolute Gasteiger partial charge is 0.212 e. The molecule has 0 aromatic carbocycles. The fraction of sp³-hybridized carbons (Fsp3) is 1.00. The Morgan fingerprint density at radius 2 is 1.17 bits per heavy atom. The van der Waals surface area contributed by atoms with Crippen LogP contribution in [0.3, 0.4) is 0 Å². The van der Waals surface area contributed by atoms with E-state index in [0.29, 0.717) is 0 Å². The monoisotopic (exact) mass is 305 g/mol. The summed E-state index contributed by atoms with van der Waals surface area (Å²) in [5.74, 6) is -2.64. The van der Waals surface area contributed by atoms with Gasteiger partial charge in [-0.2, -0.15) is 9.03 Å². The van der Waals surface area contributed by atoms with E-state index < -0.39 is 19.0 Å². The van der Waals surface area contributed by atoms with Crippen molar-refractivity contribution in [2.24, 2.45) is 13.5 Å². The van der Waals surface area contributed by atoms with Gasteiger partial charge < -0.3 is 0 Å². The fourth-order valence-electron chi connectivity index (χ4n) is 0.744. The Hall–Kier alpha value is 1.85. The molecule has 2 unspecified atom stereocenters. The molecule has 0 saturated heterocycles. The molecular weight excluding hydrogens is 301 g/mol. The molecule has 0 radical (unpaired) electrons. The highest BCUT2D eigenvalue weighted by molar-refractivity contribution is 8.17. The van der Waals surface area contributed by atoms with E-state index in [-0.39, 0.29) is 0 Å². The zero-order valence-corrected chi connectivity index (χ0v) is 11.9. The first kappa shape index (κ1) is 11.9. The molecule has 1 rings (SSSR count). The van der Waals surface area contributed by atoms with Crippen molar-refractivity contribution < 1.29 is 0 Å². The van der Waals surface area contributed by atoms with Crippen LogP contribution in [0.2, 0.25) is 0 Å². The lowest BCUT2D eigenvalue weighted by atomic mass is 12.0. The van der Waals surface area contributed by atoms with Crippen LogP contribution in [0.25, 0.3) is 0 Å². The standard InChI is InChI=1S/C2H6Cl4N3P3/c1-10(3)7-11(2,4)9-12(5,6)8-10/h1-2H3. The van der Waals surface area contributed by atoms with Gasteiger partial charge in [-0.1, -0.05) is 22.5 Å². The van der Waals surface area contributed by atoms with Crippen molar-refractivity contribution >= 4 is 64.0 Å². The van der Waals surface area contributed by atoms with E-state index >= 15 is 0 Å². The molecule has 0 bridgehead atoms. The number of halogens is 4. The third kappa shape index (κ3) is 3.54. The van der Waals surface area contributed by atoms with E-state index in [2.05, 4.69) is 13.5 Å². The van der Waals surface area contributed by atoms with Crippen LogP contribution in [0.15, 0.2) is 13.5 Å². The average molecular weight is 307 g/mol. The van der Waals surface area contributed by atoms with E-state index in [1.54, 1.807) is 13.3 Å². The summed E-state index contributed by atoms with van der Waals surface area (Å²) in [6.45, 7) is -1.10. The minimum atomic E-state index is -2.64. The van der Waals surface area contributed by atoms with Crippen molar-refractivity contribution in [1.82, 2.24) is 0 Å². The van der Waals surface area contributed by atoms with Crippen molar-refractivity contribution in [3.05, 3.63) is 0 Å². The topological polar surface area (TPSA) is 37.1 Å². The molecule has 1 heterocycles. The maximum absolute atomic E-state index is 5.96. The molecule has 10 heteroatoms. The SMILES string of the molecule is CP1(Cl)=NP(C)(Cl)=NP(Cl)(Cl)=N1. The molecule has 1 aliphatic rings. The van der Waals surface area contributed by atoms with Gasteiger partial charge in [-0.3, -0.25) is 0 Å². The van der Waals surface area contributed by atoms with Crippen LogP contribution in [-0.4, -0.2) is 13.3 Å². The Kier molecular flexibility index (Phi) is 3.43. The predicted octanol–water partition coefficient (Wildman–Crippen LogP) is 6.22. The van der Waals surface area contributed by atoms with Gasteiger partial charge in [-0.05, 0) is 22.5 Å². The van der Waals surface area contributed by atoms with E-state index in [1.807, 2.05) is 0 Å². The summed E-state index contributed by atoms with van der Waals surface area (Å²) in [5.41, 5.74) is 0. The maximum Gasteiger partial charge on any atom is 0.255 e. The van der Waals surface area contributed by atoms with Gasteiger partial charge in [0.05, 0.1) is 0 Å². The minimum absolute atomic E-state index is 1.70. The fourth-order valence-corrected chi connectivity index (χ4v) is 18.1. The minimum Gasteiger partial charge on any atom is -0.212 e. The molecule has 0 aromatic heterocycles. The highest BCUT2D eigenvalue weighted by Crippen LogP contribution is 2.83. The Balaban J connectivity index is 3.46. The zero-order chi connectivity index (χ0) is 9.62. The molecule has 12 heavy (non-hydrogen) atoms. The van der Waals surface area contributed by atoms with E-state index in [4.69, 9.17) is 45.0 Å². The molecule has 2 atom stereocenters. The highest BCUT2D eigenvalue weighted by Gasteiger charge is 2.26. The summed E-state index contributed by atoms with van der Waals surface area (Å²) in [6, 6.07) is 0. The van der Waals surface area contributed by atoms with Crippen molar-refractivity contribution in [3.8, 4) is 0 Å². The Bertz CT molecular complexity index is 280. The lowest BCUT2D eigenvalue weighted by Gasteiger charge is -2.19. The maximum atomic E-state index is 5.96. The summed E-state index contributed by atoms with van der Waals surface area (Å²) >= 11 is 23.5. The van der Waals surface area contributed by atoms with Gasteiger partial charge in [0.2, 0.25) is 0 Å². The van der Waals surface area contributed by atoms with Crippen LogP contribution in [-0.2, 0) is 0 Å². The zero-order valence-electron chi connectivity index (χ0n) is 6.20. The van der Waals surface area contributed by atoms with Crippen LogP contribution in [0, 0.1) is 0 Å². The summed E-state index contributed by atoms with van der Waals surface area (Å²) in [6.07, 6.45) is 0. The second kappa shape index (κ2) is 3.46. The second-order valence-electron chi connectivity index (χ2n) is 2.34. The normalized spacial score (nSPS) is 45.5. The first-order chi connectivity index (χ1) is 5.12. The van der Waals surface area contributed by atoms with Crippen LogP contribution in [0.5, 0.6) is 0 Å². The van der Waals surface area contributed by atoms with E-state index in [9.17, 15) is 0 Å². The van der Waals surface area contributed by atoms with Crippen molar-refractivity contribution in [2.75, 3.05) is 13.3 Å². The third-order valence-corrected chi connectivity index (χ3v) is 12.7. The summed E-state index contributed by atoms with van der Waals surface area (Å²) in [5, 5.41) is 0. The summed E-state index contributed by atoms with van der Waals surface area (Å²) in [7, 11) is 0. The third-order valence-electron chi connectivity index (χ3n) is 0.868. The molecule has 0 aliphatic carbocycles. The molecule has 0 spiro atoms. The Labute approximate surface area is 90.6 Å². The van der Waals surface area contributed by atoms with Gasteiger partial charge in [-0.15, -0.1) is 0 Å². The number of hydrogen-bond donors (Lipinski definition) is 0. The van der Waals surface area contributed by atoms with E-state index in [1.165, 1.54) is 0 Å². The van der Waals surface area contributed by atoms with Crippen molar-refractivity contribution in [1.29, 1.82) is 0 Å². The highest BCUT2D eigenvalue weighted by atomic mass is 35.9. The molecule has 1 aliphatic heterocycles. The number of hydrogen-bond acceptors (Lipinski definition) is 3. The van der Waals surface area contributed by atoms with Gasteiger partial charge in [0.15, 0.2) is 13.1 Å². The predicted molar refractivity (Wildman–Crippen MR) is 63.3 cm³/mol. The van der Waals surface area contributed by atoms with Crippen LogP contribution >= 0.6 is 64.0 Å². The molecule has 3 nitrogen and oxygen atoms in total. The molecule has 0 amide bonds. The molecule has 0 saturated carbocycles. The molecule has 0 N–H and O–H groups in total. The van der Waals surface area contributed by atoms with Gasteiger partial charge in [0, 0.05) is 13.3 Å². The van der Waals surface area contributed by atoms with Gasteiger partial charge in [0.1, 0.15) is 0 Å². The van der Waals surface area contributed by atoms with Crippen LogP contribution < -0.4 is 0 Å². The molecule has 0 fully saturated rings. The molecular formula is C2H6Cl4N3P3. The van der Waals surface area contributed by atoms with Crippen molar-refractivity contribution in [2.45, 2.75) is 0 Å². The van der Waals surface area contributed by atoms with Gasteiger partial charge in [0.25, 0.3) is 5.91 Å². The molecule has 72 valence electrons. The summed E-state index contributed by atoms with van der Waals surface area (Å²) in [4.78, 5) is 0. The second-order valence-corrected chi connectivity index (χ2v) is 15.8. The average Bonchev–Trinajstić information content (AvgIpc) is 1.44.